The Balaban J connectivity index is 1.86. The lowest BCUT2D eigenvalue weighted by atomic mass is 10.2. The highest BCUT2D eigenvalue weighted by Gasteiger charge is 2.14. The monoisotopic (exact) mass is 329 g/mol. The van der Waals surface area contributed by atoms with E-state index < -0.39 is 0 Å². The zero-order valence-electron chi connectivity index (χ0n) is 13.8. The lowest BCUT2D eigenvalue weighted by Crippen LogP contribution is -2.30. The van der Waals surface area contributed by atoms with Gasteiger partial charge in [0.25, 0.3) is 0 Å². The van der Waals surface area contributed by atoms with Gasteiger partial charge in [-0.05, 0) is 50.6 Å². The molecule has 0 radical (unpaired) electrons. The molecular weight excluding hydrogens is 306 g/mol. The maximum atomic E-state index is 12.2. The highest BCUT2D eigenvalue weighted by atomic mass is 32.2. The van der Waals surface area contributed by atoms with E-state index in [1.165, 1.54) is 5.56 Å². The number of hydrogen-bond acceptors (Lipinski definition) is 3. The van der Waals surface area contributed by atoms with Gasteiger partial charge in [0, 0.05) is 11.4 Å². The van der Waals surface area contributed by atoms with E-state index in [0.29, 0.717) is 13.2 Å². The smallest absolute Gasteiger partial charge is 0.233 e. The fraction of sp³-hybridized carbons (Fsp3) is 0.316. The minimum Gasteiger partial charge on any atom is -0.494 e. The second-order valence-corrected chi connectivity index (χ2v) is 6.79. The number of thioether (sulfide) groups is 1. The van der Waals surface area contributed by atoms with Crippen molar-refractivity contribution >= 4 is 17.7 Å². The molecule has 122 valence electrons. The Kier molecular flexibility index (Phi) is 6.53. The Morgan fingerprint density at radius 2 is 1.96 bits per heavy atom. The van der Waals surface area contributed by atoms with Gasteiger partial charge in [0.05, 0.1) is 11.9 Å². The second kappa shape index (κ2) is 8.63. The van der Waals surface area contributed by atoms with Gasteiger partial charge < -0.3 is 10.1 Å². The highest BCUT2D eigenvalue weighted by molar-refractivity contribution is 8.00. The fourth-order valence-electron chi connectivity index (χ4n) is 2.12. The number of ether oxygens (including phenoxy) is 1. The van der Waals surface area contributed by atoms with Gasteiger partial charge in [-0.2, -0.15) is 0 Å². The van der Waals surface area contributed by atoms with Gasteiger partial charge in [-0.1, -0.05) is 29.8 Å². The summed E-state index contributed by atoms with van der Waals surface area (Å²) < 4.78 is 5.47. The van der Waals surface area contributed by atoms with E-state index in [2.05, 4.69) is 36.5 Å². The number of aryl methyl sites for hydroxylation is 1. The van der Waals surface area contributed by atoms with Crippen molar-refractivity contribution in [3.05, 3.63) is 59.7 Å². The summed E-state index contributed by atoms with van der Waals surface area (Å²) in [5, 5.41) is 2.85. The van der Waals surface area contributed by atoms with Crippen molar-refractivity contribution in [2.45, 2.75) is 37.5 Å². The van der Waals surface area contributed by atoms with Crippen LogP contribution in [0.25, 0.3) is 0 Å². The van der Waals surface area contributed by atoms with E-state index >= 15 is 0 Å². The molecule has 0 bridgehead atoms. The van der Waals surface area contributed by atoms with Crippen LogP contribution in [0.3, 0.4) is 0 Å². The summed E-state index contributed by atoms with van der Waals surface area (Å²) in [6, 6.07) is 16.0. The van der Waals surface area contributed by atoms with Crippen LogP contribution >= 0.6 is 11.8 Å². The summed E-state index contributed by atoms with van der Waals surface area (Å²) in [5.74, 6) is 0.874. The summed E-state index contributed by atoms with van der Waals surface area (Å²) in [6.45, 7) is 7.09. The Morgan fingerprint density at radius 1 is 1.22 bits per heavy atom. The largest absolute Gasteiger partial charge is 0.494 e. The SMILES string of the molecule is CCOc1cccc(CNC(=O)[C@H](C)Sc2ccc(C)cc2)c1. The van der Waals surface area contributed by atoms with Crippen LogP contribution in [-0.4, -0.2) is 17.8 Å². The normalized spacial score (nSPS) is 11.8. The molecule has 0 unspecified atom stereocenters. The molecule has 2 aromatic rings. The Labute approximate surface area is 142 Å². The quantitative estimate of drug-likeness (QED) is 0.774. The topological polar surface area (TPSA) is 38.3 Å². The standard InChI is InChI=1S/C19H23NO2S/c1-4-22-17-7-5-6-16(12-17)13-20-19(21)15(3)23-18-10-8-14(2)9-11-18/h5-12,15H,4,13H2,1-3H3,(H,20,21)/t15-/m0/s1. The molecular formula is C19H23NO2S. The third-order valence-electron chi connectivity index (χ3n) is 3.38. The van der Waals surface area contributed by atoms with Crippen molar-refractivity contribution in [3.8, 4) is 5.75 Å². The number of carbonyl (C=O) groups is 1. The first-order valence-electron chi connectivity index (χ1n) is 7.81. The van der Waals surface area contributed by atoms with Crippen LogP contribution in [0, 0.1) is 6.92 Å². The van der Waals surface area contributed by atoms with Crippen molar-refractivity contribution in [1.82, 2.24) is 5.32 Å². The zero-order valence-corrected chi connectivity index (χ0v) is 14.7. The van der Waals surface area contributed by atoms with Gasteiger partial charge >= 0.3 is 0 Å². The van der Waals surface area contributed by atoms with E-state index in [1.807, 2.05) is 38.1 Å². The molecule has 0 aromatic heterocycles. The summed E-state index contributed by atoms with van der Waals surface area (Å²) in [4.78, 5) is 13.3. The van der Waals surface area contributed by atoms with Crippen LogP contribution in [0.15, 0.2) is 53.4 Å². The van der Waals surface area contributed by atoms with Crippen LogP contribution < -0.4 is 10.1 Å². The Hall–Kier alpha value is -1.94. The summed E-state index contributed by atoms with van der Waals surface area (Å²) in [7, 11) is 0. The van der Waals surface area contributed by atoms with E-state index in [0.717, 1.165) is 16.2 Å². The molecule has 0 saturated heterocycles. The first-order valence-corrected chi connectivity index (χ1v) is 8.69. The number of amides is 1. The molecule has 1 N–H and O–H groups in total. The average molecular weight is 329 g/mol. The molecule has 0 heterocycles. The third kappa shape index (κ3) is 5.64. The summed E-state index contributed by atoms with van der Waals surface area (Å²) >= 11 is 1.57. The lowest BCUT2D eigenvalue weighted by Gasteiger charge is -2.13. The molecule has 0 saturated carbocycles. The van der Waals surface area contributed by atoms with Crippen LogP contribution in [0.1, 0.15) is 25.0 Å². The van der Waals surface area contributed by atoms with E-state index in [4.69, 9.17) is 4.74 Å². The molecule has 0 aliphatic heterocycles. The number of rotatable bonds is 7. The van der Waals surface area contributed by atoms with E-state index in [1.54, 1.807) is 11.8 Å². The Bertz CT molecular complexity index is 640. The Morgan fingerprint density at radius 3 is 2.65 bits per heavy atom. The van der Waals surface area contributed by atoms with Crippen LogP contribution in [0.2, 0.25) is 0 Å². The van der Waals surface area contributed by atoms with Gasteiger partial charge in [0.2, 0.25) is 5.91 Å². The average Bonchev–Trinajstić information content (AvgIpc) is 2.55. The van der Waals surface area contributed by atoms with Crippen molar-refractivity contribution in [2.24, 2.45) is 0 Å². The highest BCUT2D eigenvalue weighted by Crippen LogP contribution is 2.23. The fourth-order valence-corrected chi connectivity index (χ4v) is 3.01. The molecule has 0 aliphatic carbocycles. The first-order chi connectivity index (χ1) is 11.1. The van der Waals surface area contributed by atoms with Crippen molar-refractivity contribution in [3.63, 3.8) is 0 Å². The van der Waals surface area contributed by atoms with Crippen molar-refractivity contribution in [1.29, 1.82) is 0 Å². The number of benzene rings is 2. The first kappa shape index (κ1) is 17.4. The molecule has 2 aromatic carbocycles. The molecule has 0 fully saturated rings. The predicted octanol–water partition coefficient (Wildman–Crippen LogP) is 4.19. The molecule has 2 rings (SSSR count). The minimum atomic E-state index is -0.132. The van der Waals surface area contributed by atoms with E-state index in [9.17, 15) is 4.79 Å². The maximum Gasteiger partial charge on any atom is 0.233 e. The zero-order chi connectivity index (χ0) is 16.7. The molecule has 1 atom stereocenters. The number of hydrogen-bond donors (Lipinski definition) is 1. The van der Waals surface area contributed by atoms with Gasteiger partial charge in [0.15, 0.2) is 0 Å². The van der Waals surface area contributed by atoms with Crippen molar-refractivity contribution < 1.29 is 9.53 Å². The molecule has 1 amide bonds. The van der Waals surface area contributed by atoms with Crippen LogP contribution in [-0.2, 0) is 11.3 Å². The van der Waals surface area contributed by atoms with Crippen LogP contribution in [0.5, 0.6) is 5.75 Å². The maximum absolute atomic E-state index is 12.2. The van der Waals surface area contributed by atoms with Gasteiger partial charge in [-0.15, -0.1) is 11.8 Å². The molecule has 23 heavy (non-hydrogen) atoms. The molecule has 3 nitrogen and oxygen atoms in total. The summed E-state index contributed by atoms with van der Waals surface area (Å²) in [5.41, 5.74) is 2.26. The van der Waals surface area contributed by atoms with Gasteiger partial charge in [0.1, 0.15) is 5.75 Å². The lowest BCUT2D eigenvalue weighted by molar-refractivity contribution is -0.120. The minimum absolute atomic E-state index is 0.0392. The predicted molar refractivity (Wildman–Crippen MR) is 96.0 cm³/mol. The second-order valence-electron chi connectivity index (χ2n) is 5.37. The third-order valence-corrected chi connectivity index (χ3v) is 4.49. The van der Waals surface area contributed by atoms with Gasteiger partial charge in [-0.25, -0.2) is 0 Å². The van der Waals surface area contributed by atoms with Crippen molar-refractivity contribution in [2.75, 3.05) is 6.61 Å². The molecule has 0 aliphatic rings. The van der Waals surface area contributed by atoms with E-state index in [-0.39, 0.29) is 11.2 Å². The number of carbonyl (C=O) groups excluding carboxylic acids is 1. The molecule has 4 heteroatoms. The van der Waals surface area contributed by atoms with Gasteiger partial charge in [-0.3, -0.25) is 4.79 Å². The number of nitrogens with one attached hydrogen (secondary N) is 1. The van der Waals surface area contributed by atoms with Crippen LogP contribution in [0.4, 0.5) is 0 Å². The summed E-state index contributed by atoms with van der Waals surface area (Å²) in [6.07, 6.45) is 0. The molecule has 0 spiro atoms.